The molecule has 4 heteroatoms. The fourth-order valence-corrected chi connectivity index (χ4v) is 2.54. The molecule has 2 aliphatic rings. The molecule has 0 radical (unpaired) electrons. The van der Waals surface area contributed by atoms with E-state index in [1.165, 1.54) is 11.1 Å². The maximum atomic E-state index is 11.4. The second-order valence-corrected chi connectivity index (χ2v) is 4.30. The summed E-state index contributed by atoms with van der Waals surface area (Å²) in [5.74, 6) is 0.995. The summed E-state index contributed by atoms with van der Waals surface area (Å²) in [4.78, 5) is 11.4. The fraction of sp³-hybridized carbons (Fsp3) is 0.417. The van der Waals surface area contributed by atoms with Gasteiger partial charge in [-0.05, 0) is 23.3 Å². The maximum Gasteiger partial charge on any atom is 0.222 e. The second-order valence-electron chi connectivity index (χ2n) is 4.30. The normalized spacial score (nSPS) is 26.9. The number of rotatable bonds is 1. The zero-order valence-electron chi connectivity index (χ0n) is 9.12. The first kappa shape index (κ1) is 9.66. The minimum absolute atomic E-state index is 0.127. The molecule has 84 valence electrons. The van der Waals surface area contributed by atoms with E-state index in [1.807, 2.05) is 12.1 Å². The Labute approximate surface area is 94.0 Å². The molecule has 0 bridgehead atoms. The Bertz CT molecular complexity index is 445. The van der Waals surface area contributed by atoms with E-state index in [1.54, 1.807) is 7.11 Å². The standard InChI is InChI=1S/C12H14N2O2/c1-16-8-2-3-9-7(4-8)6-13-10-5-11(15)14-12(9)10/h2-4,10,12-13H,5-6H2,1H3,(H,14,15)/t10-,12-/m1/s1. The quantitative estimate of drug-likeness (QED) is 0.730. The van der Waals surface area contributed by atoms with Gasteiger partial charge in [-0.3, -0.25) is 4.79 Å². The highest BCUT2D eigenvalue weighted by molar-refractivity contribution is 5.80. The van der Waals surface area contributed by atoms with Crippen molar-refractivity contribution in [1.29, 1.82) is 0 Å². The molecule has 1 aromatic carbocycles. The molecule has 2 N–H and O–H groups in total. The first-order chi connectivity index (χ1) is 7.78. The van der Waals surface area contributed by atoms with Crippen molar-refractivity contribution >= 4 is 5.91 Å². The smallest absolute Gasteiger partial charge is 0.222 e. The third-order valence-electron chi connectivity index (χ3n) is 3.36. The van der Waals surface area contributed by atoms with Gasteiger partial charge in [-0.25, -0.2) is 0 Å². The SMILES string of the molecule is COc1ccc2c(c1)CN[C@@H]1CC(=O)N[C@H]21. The van der Waals surface area contributed by atoms with E-state index in [9.17, 15) is 4.79 Å². The number of benzene rings is 1. The third kappa shape index (κ3) is 1.38. The van der Waals surface area contributed by atoms with Crippen LogP contribution in [0.4, 0.5) is 0 Å². The Morgan fingerprint density at radius 3 is 3.12 bits per heavy atom. The molecule has 1 fully saturated rings. The summed E-state index contributed by atoms with van der Waals surface area (Å²) in [6, 6.07) is 6.41. The van der Waals surface area contributed by atoms with E-state index < -0.39 is 0 Å². The molecule has 0 aliphatic carbocycles. The molecule has 1 saturated heterocycles. The number of methoxy groups -OCH3 is 1. The second kappa shape index (κ2) is 3.49. The van der Waals surface area contributed by atoms with Gasteiger partial charge in [-0.15, -0.1) is 0 Å². The van der Waals surface area contributed by atoms with Crippen molar-refractivity contribution in [2.24, 2.45) is 0 Å². The van der Waals surface area contributed by atoms with Gasteiger partial charge in [0.25, 0.3) is 0 Å². The molecule has 0 aromatic heterocycles. The molecule has 0 saturated carbocycles. The van der Waals surface area contributed by atoms with Crippen LogP contribution in [0.2, 0.25) is 0 Å². The molecule has 0 spiro atoms. The Kier molecular flexibility index (Phi) is 2.11. The molecule has 1 amide bonds. The molecule has 2 atom stereocenters. The van der Waals surface area contributed by atoms with E-state index in [-0.39, 0.29) is 18.0 Å². The predicted octanol–water partition coefficient (Wildman–Crippen LogP) is 0.728. The van der Waals surface area contributed by atoms with Crippen LogP contribution >= 0.6 is 0 Å². The lowest BCUT2D eigenvalue weighted by molar-refractivity contribution is -0.119. The van der Waals surface area contributed by atoms with Crippen molar-refractivity contribution in [3.8, 4) is 5.75 Å². The van der Waals surface area contributed by atoms with Crippen LogP contribution in [-0.2, 0) is 11.3 Å². The van der Waals surface area contributed by atoms with Crippen molar-refractivity contribution in [1.82, 2.24) is 10.6 Å². The van der Waals surface area contributed by atoms with Gasteiger partial charge in [-0.2, -0.15) is 0 Å². The van der Waals surface area contributed by atoms with Crippen LogP contribution in [-0.4, -0.2) is 19.1 Å². The molecule has 2 heterocycles. The summed E-state index contributed by atoms with van der Waals surface area (Å²) in [5.41, 5.74) is 2.43. The zero-order chi connectivity index (χ0) is 11.1. The molecule has 0 unspecified atom stereocenters. The lowest BCUT2D eigenvalue weighted by Crippen LogP contribution is -2.39. The molecule has 16 heavy (non-hydrogen) atoms. The number of nitrogens with one attached hydrogen (secondary N) is 2. The van der Waals surface area contributed by atoms with Crippen molar-refractivity contribution in [3.63, 3.8) is 0 Å². The van der Waals surface area contributed by atoms with E-state index >= 15 is 0 Å². The highest BCUT2D eigenvalue weighted by atomic mass is 16.5. The minimum atomic E-state index is 0.127. The van der Waals surface area contributed by atoms with E-state index in [4.69, 9.17) is 4.74 Å². The fourth-order valence-electron chi connectivity index (χ4n) is 2.54. The first-order valence-corrected chi connectivity index (χ1v) is 5.47. The van der Waals surface area contributed by atoms with Crippen LogP contribution in [0.1, 0.15) is 23.6 Å². The highest BCUT2D eigenvalue weighted by Crippen LogP contribution is 2.33. The largest absolute Gasteiger partial charge is 0.497 e. The van der Waals surface area contributed by atoms with E-state index in [0.29, 0.717) is 6.42 Å². The summed E-state index contributed by atoms with van der Waals surface area (Å²) in [6.07, 6.45) is 0.579. The van der Waals surface area contributed by atoms with Crippen molar-refractivity contribution in [3.05, 3.63) is 29.3 Å². The van der Waals surface area contributed by atoms with Gasteiger partial charge in [-0.1, -0.05) is 6.07 Å². The maximum absolute atomic E-state index is 11.4. The minimum Gasteiger partial charge on any atom is -0.497 e. The van der Waals surface area contributed by atoms with Gasteiger partial charge in [0.1, 0.15) is 5.75 Å². The molecule has 3 rings (SSSR count). The van der Waals surface area contributed by atoms with Crippen molar-refractivity contribution < 1.29 is 9.53 Å². The number of carbonyl (C=O) groups excluding carboxylic acids is 1. The Morgan fingerprint density at radius 2 is 2.31 bits per heavy atom. The Morgan fingerprint density at radius 1 is 1.44 bits per heavy atom. The van der Waals surface area contributed by atoms with Crippen molar-refractivity contribution in [2.75, 3.05) is 7.11 Å². The number of carbonyl (C=O) groups is 1. The highest BCUT2D eigenvalue weighted by Gasteiger charge is 2.37. The van der Waals surface area contributed by atoms with E-state index in [0.717, 1.165) is 12.3 Å². The number of hydrogen-bond acceptors (Lipinski definition) is 3. The average Bonchev–Trinajstić information content (AvgIpc) is 2.69. The zero-order valence-corrected chi connectivity index (χ0v) is 9.12. The molecular formula is C12H14N2O2. The molecule has 4 nitrogen and oxygen atoms in total. The summed E-state index contributed by atoms with van der Waals surface area (Å²) >= 11 is 0. The molecule has 2 aliphatic heterocycles. The monoisotopic (exact) mass is 218 g/mol. The Balaban J connectivity index is 2.00. The average molecular weight is 218 g/mol. The number of fused-ring (bicyclic) bond motifs is 3. The van der Waals surface area contributed by atoms with Crippen LogP contribution in [0.15, 0.2) is 18.2 Å². The van der Waals surface area contributed by atoms with Crippen LogP contribution < -0.4 is 15.4 Å². The Hall–Kier alpha value is -1.55. The van der Waals surface area contributed by atoms with Gasteiger partial charge < -0.3 is 15.4 Å². The summed E-state index contributed by atoms with van der Waals surface area (Å²) in [7, 11) is 1.66. The van der Waals surface area contributed by atoms with Gasteiger partial charge in [0, 0.05) is 19.0 Å². The van der Waals surface area contributed by atoms with Crippen LogP contribution in [0, 0.1) is 0 Å². The summed E-state index contributed by atoms with van der Waals surface area (Å²) < 4.78 is 5.20. The lowest BCUT2D eigenvalue weighted by Gasteiger charge is -2.28. The van der Waals surface area contributed by atoms with Crippen LogP contribution in [0.3, 0.4) is 0 Å². The number of ether oxygens (including phenoxy) is 1. The molecule has 1 aromatic rings. The first-order valence-electron chi connectivity index (χ1n) is 5.47. The lowest BCUT2D eigenvalue weighted by atomic mass is 9.92. The number of amides is 1. The van der Waals surface area contributed by atoms with Gasteiger partial charge in [0.2, 0.25) is 5.91 Å². The van der Waals surface area contributed by atoms with Crippen LogP contribution in [0.25, 0.3) is 0 Å². The van der Waals surface area contributed by atoms with Gasteiger partial charge in [0.05, 0.1) is 13.2 Å². The molecular weight excluding hydrogens is 204 g/mol. The summed E-state index contributed by atoms with van der Waals surface area (Å²) in [5, 5.41) is 6.39. The van der Waals surface area contributed by atoms with Gasteiger partial charge >= 0.3 is 0 Å². The third-order valence-corrected chi connectivity index (χ3v) is 3.36. The topological polar surface area (TPSA) is 50.4 Å². The summed E-state index contributed by atoms with van der Waals surface area (Å²) in [6.45, 7) is 0.808. The predicted molar refractivity (Wildman–Crippen MR) is 59.1 cm³/mol. The van der Waals surface area contributed by atoms with Crippen molar-refractivity contribution in [2.45, 2.75) is 25.0 Å². The van der Waals surface area contributed by atoms with Crippen LogP contribution in [0.5, 0.6) is 5.75 Å². The van der Waals surface area contributed by atoms with E-state index in [2.05, 4.69) is 16.7 Å². The number of hydrogen-bond donors (Lipinski definition) is 2. The van der Waals surface area contributed by atoms with Gasteiger partial charge in [0.15, 0.2) is 0 Å².